The average Bonchev–Trinajstić information content (AvgIpc) is 2.49. The number of aromatic nitrogens is 2. The zero-order valence-electron chi connectivity index (χ0n) is 7.25. The van der Waals surface area contributed by atoms with Crippen LogP contribution in [-0.4, -0.2) is 27.1 Å². The number of fused-ring (bicyclic) bond motifs is 1. The summed E-state index contributed by atoms with van der Waals surface area (Å²) in [5.74, 6) is 0. The second kappa shape index (κ2) is 3.39. The molecule has 0 aliphatic rings. The van der Waals surface area contributed by atoms with Crippen molar-refractivity contribution < 1.29 is 0 Å². The van der Waals surface area contributed by atoms with Crippen LogP contribution in [0.15, 0.2) is 30.9 Å². The van der Waals surface area contributed by atoms with Gasteiger partial charge in [-0.15, -0.1) is 0 Å². The Morgan fingerprint density at radius 2 is 2.38 bits per heavy atom. The van der Waals surface area contributed by atoms with Crippen LogP contribution in [0.25, 0.3) is 10.9 Å². The van der Waals surface area contributed by atoms with Crippen molar-refractivity contribution in [2.75, 3.05) is 0 Å². The maximum atomic E-state index is 4.17. The van der Waals surface area contributed by atoms with Crippen LogP contribution < -0.4 is 4.48 Å². The van der Waals surface area contributed by atoms with E-state index in [-0.39, 0.29) is 0 Å². The first kappa shape index (κ1) is 8.58. The molecule has 0 bridgehead atoms. The molecule has 0 amide bonds. The van der Waals surface area contributed by atoms with Crippen molar-refractivity contribution in [2.45, 2.75) is 6.42 Å². The molecule has 0 aliphatic heterocycles. The number of benzene rings is 1. The van der Waals surface area contributed by atoms with Gasteiger partial charge in [0.05, 0.1) is 0 Å². The average molecular weight is 234 g/mol. The van der Waals surface area contributed by atoms with Crippen LogP contribution >= 0.6 is 0 Å². The van der Waals surface area contributed by atoms with E-state index < -0.39 is 0 Å². The summed E-state index contributed by atoms with van der Waals surface area (Å²) < 4.78 is 1.12. The molecule has 1 aromatic heterocycles. The maximum absolute atomic E-state index is 4.17. The fraction of sp³-hybridized carbons (Fsp3) is 0.100. The normalized spacial score (nSPS) is 10.5. The predicted octanol–water partition coefficient (Wildman–Crippen LogP) is 0.550. The molecule has 0 spiro atoms. The quantitative estimate of drug-likeness (QED) is 0.596. The second-order valence-electron chi connectivity index (χ2n) is 2.98. The SMILES string of the molecule is C=CCc1ccc2[nH]nc([AsH2])c2c1. The van der Waals surface area contributed by atoms with Gasteiger partial charge in [-0.1, -0.05) is 0 Å². The third-order valence-electron chi connectivity index (χ3n) is 2.04. The molecule has 1 N–H and O–H groups in total. The van der Waals surface area contributed by atoms with Gasteiger partial charge in [0, 0.05) is 0 Å². The molecule has 0 saturated carbocycles. The van der Waals surface area contributed by atoms with E-state index >= 15 is 0 Å². The summed E-state index contributed by atoms with van der Waals surface area (Å²) in [5.41, 5.74) is 2.41. The third kappa shape index (κ3) is 1.54. The van der Waals surface area contributed by atoms with Crippen molar-refractivity contribution in [3.8, 4) is 0 Å². The Morgan fingerprint density at radius 3 is 3.15 bits per heavy atom. The van der Waals surface area contributed by atoms with Gasteiger partial charge >= 0.3 is 85.3 Å². The summed E-state index contributed by atoms with van der Waals surface area (Å²) in [4.78, 5) is 0. The topological polar surface area (TPSA) is 28.7 Å². The Labute approximate surface area is 85.5 Å². The predicted molar refractivity (Wildman–Crippen MR) is 58.2 cm³/mol. The summed E-state index contributed by atoms with van der Waals surface area (Å²) in [7, 11) is 0. The molecule has 1 atom stereocenters. The summed E-state index contributed by atoms with van der Waals surface area (Å²) in [6.45, 7) is 3.73. The molecular weight excluding hydrogens is 223 g/mol. The van der Waals surface area contributed by atoms with Crippen molar-refractivity contribution >= 4 is 32.2 Å². The van der Waals surface area contributed by atoms with E-state index in [1.807, 2.05) is 6.08 Å². The standard InChI is InChI=1S/C10H11AsN2/c1-2-3-7-4-5-9-8(6-7)10(11)13-12-9/h2,4-6H,1,3,11H2,(H,12,13). The summed E-state index contributed by atoms with van der Waals surface area (Å²) >= 11 is 1.55. The van der Waals surface area contributed by atoms with Crippen molar-refractivity contribution in [1.29, 1.82) is 0 Å². The fourth-order valence-electron chi connectivity index (χ4n) is 1.38. The Balaban J connectivity index is 2.58. The van der Waals surface area contributed by atoms with Crippen LogP contribution in [0.1, 0.15) is 5.56 Å². The molecular formula is C10H11AsN2. The summed E-state index contributed by atoms with van der Waals surface area (Å²) in [6, 6.07) is 6.36. The molecule has 2 rings (SSSR count). The van der Waals surface area contributed by atoms with E-state index in [1.54, 1.807) is 16.9 Å². The van der Waals surface area contributed by atoms with Crippen molar-refractivity contribution in [2.24, 2.45) is 0 Å². The van der Waals surface area contributed by atoms with Crippen LogP contribution in [-0.2, 0) is 6.42 Å². The number of hydrogen-bond donors (Lipinski definition) is 1. The molecule has 1 aromatic carbocycles. The van der Waals surface area contributed by atoms with Crippen molar-refractivity contribution in [3.05, 3.63) is 36.4 Å². The van der Waals surface area contributed by atoms with Gasteiger partial charge in [0.15, 0.2) is 0 Å². The van der Waals surface area contributed by atoms with Crippen LogP contribution in [0.4, 0.5) is 0 Å². The number of aromatic amines is 1. The van der Waals surface area contributed by atoms with E-state index in [0.717, 1.165) is 16.4 Å². The molecule has 2 nitrogen and oxygen atoms in total. The molecule has 2 aromatic rings. The zero-order valence-corrected chi connectivity index (χ0v) is 9.67. The molecule has 3 heteroatoms. The number of allylic oxidation sites excluding steroid dienone is 1. The molecule has 0 radical (unpaired) electrons. The minimum atomic E-state index is 0.924. The molecule has 1 unspecified atom stereocenters. The number of H-pyrrole nitrogens is 1. The van der Waals surface area contributed by atoms with Gasteiger partial charge in [-0.25, -0.2) is 0 Å². The van der Waals surface area contributed by atoms with Crippen molar-refractivity contribution in [1.82, 2.24) is 10.2 Å². The van der Waals surface area contributed by atoms with Gasteiger partial charge in [0.25, 0.3) is 0 Å². The first-order chi connectivity index (χ1) is 6.31. The number of hydrogen-bond acceptors (Lipinski definition) is 1. The molecule has 1 heterocycles. The molecule has 0 saturated heterocycles. The van der Waals surface area contributed by atoms with Gasteiger partial charge in [-0.2, -0.15) is 0 Å². The monoisotopic (exact) mass is 234 g/mol. The van der Waals surface area contributed by atoms with Crippen molar-refractivity contribution in [3.63, 3.8) is 0 Å². The van der Waals surface area contributed by atoms with Gasteiger partial charge in [-0.3, -0.25) is 0 Å². The van der Waals surface area contributed by atoms with Crippen LogP contribution in [0.3, 0.4) is 0 Å². The summed E-state index contributed by atoms with van der Waals surface area (Å²) in [6.07, 6.45) is 2.84. The van der Waals surface area contributed by atoms with E-state index in [1.165, 1.54) is 10.9 Å². The van der Waals surface area contributed by atoms with E-state index in [9.17, 15) is 0 Å². The molecule has 13 heavy (non-hydrogen) atoms. The van der Waals surface area contributed by atoms with Crippen LogP contribution in [0.5, 0.6) is 0 Å². The van der Waals surface area contributed by atoms with Gasteiger partial charge < -0.3 is 0 Å². The number of rotatable bonds is 2. The van der Waals surface area contributed by atoms with Gasteiger partial charge in [0.2, 0.25) is 0 Å². The van der Waals surface area contributed by atoms with E-state index in [0.29, 0.717) is 0 Å². The molecule has 66 valence electrons. The first-order valence-corrected chi connectivity index (χ1v) is 5.36. The number of nitrogens with one attached hydrogen (secondary N) is 1. The second-order valence-corrected chi connectivity index (χ2v) is 4.13. The molecule has 0 fully saturated rings. The van der Waals surface area contributed by atoms with Gasteiger partial charge in [-0.05, 0) is 0 Å². The van der Waals surface area contributed by atoms with E-state index in [2.05, 4.69) is 35.0 Å². The molecule has 0 aliphatic carbocycles. The fourth-order valence-corrected chi connectivity index (χ4v) is 2.01. The van der Waals surface area contributed by atoms with Crippen LogP contribution in [0.2, 0.25) is 0 Å². The Hall–Kier alpha value is -1.01. The van der Waals surface area contributed by atoms with Crippen LogP contribution in [0, 0.1) is 0 Å². The Kier molecular flexibility index (Phi) is 2.24. The Bertz CT molecular complexity index is 445. The summed E-state index contributed by atoms with van der Waals surface area (Å²) in [5, 5.41) is 8.41. The minimum absolute atomic E-state index is 0.924. The first-order valence-electron chi connectivity index (χ1n) is 4.14. The third-order valence-corrected chi connectivity index (χ3v) is 2.96. The zero-order chi connectivity index (χ0) is 9.26. The Morgan fingerprint density at radius 1 is 1.54 bits per heavy atom. The number of nitrogens with zero attached hydrogens (tertiary/aromatic N) is 1. The van der Waals surface area contributed by atoms with E-state index in [4.69, 9.17) is 0 Å². The van der Waals surface area contributed by atoms with Gasteiger partial charge in [0.1, 0.15) is 0 Å².